The smallest absolute Gasteiger partial charge is 0.254 e. The van der Waals surface area contributed by atoms with Crippen molar-refractivity contribution < 1.29 is 28.6 Å². The molecule has 2 aromatic carbocycles. The first-order chi connectivity index (χ1) is 19.9. The van der Waals surface area contributed by atoms with Gasteiger partial charge in [0.05, 0.1) is 27.2 Å². The van der Waals surface area contributed by atoms with Crippen LogP contribution in [0.5, 0.6) is 17.2 Å². The highest BCUT2D eigenvalue weighted by Crippen LogP contribution is 2.57. The van der Waals surface area contributed by atoms with Gasteiger partial charge in [-0.05, 0) is 56.8 Å². The molecule has 4 aliphatic heterocycles. The van der Waals surface area contributed by atoms with Gasteiger partial charge in [-0.1, -0.05) is 18.2 Å². The summed E-state index contributed by atoms with van der Waals surface area (Å²) in [5, 5.41) is 3.13. The summed E-state index contributed by atoms with van der Waals surface area (Å²) < 4.78 is 16.4. The van der Waals surface area contributed by atoms with Crippen molar-refractivity contribution in [2.45, 2.75) is 43.7 Å². The van der Waals surface area contributed by atoms with Gasteiger partial charge < -0.3 is 29.3 Å². The minimum Gasteiger partial charge on any atom is -0.493 e. The molecule has 0 aliphatic carbocycles. The first-order valence-corrected chi connectivity index (χ1v) is 14.5. The number of nitrogens with one attached hydrogen (secondary N) is 1. The Hall–Kier alpha value is -3.79. The lowest BCUT2D eigenvalue weighted by atomic mass is 9.78. The third kappa shape index (κ3) is 4.22. The van der Waals surface area contributed by atoms with Crippen molar-refractivity contribution in [3.63, 3.8) is 0 Å². The van der Waals surface area contributed by atoms with Crippen molar-refractivity contribution in [3.05, 3.63) is 47.5 Å². The normalized spacial score (nSPS) is 26.2. The predicted octanol–water partition coefficient (Wildman–Crippen LogP) is 2.79. The van der Waals surface area contributed by atoms with Crippen LogP contribution in [-0.4, -0.2) is 87.6 Å². The van der Waals surface area contributed by atoms with E-state index >= 15 is 0 Å². The van der Waals surface area contributed by atoms with Gasteiger partial charge >= 0.3 is 0 Å². The van der Waals surface area contributed by atoms with Gasteiger partial charge in [-0.15, -0.1) is 0 Å². The fourth-order valence-corrected chi connectivity index (χ4v) is 7.51. The van der Waals surface area contributed by atoms with Crippen molar-refractivity contribution in [1.29, 1.82) is 0 Å². The van der Waals surface area contributed by atoms with E-state index in [9.17, 15) is 14.4 Å². The quantitative estimate of drug-likeness (QED) is 0.612. The summed E-state index contributed by atoms with van der Waals surface area (Å²) in [7, 11) is 4.56. The maximum atomic E-state index is 14.5. The standard InChI is InChI=1S/C31H38N4O6/c1-39-25-17-20(18-26(40-2)27(25)41-3)29(37)33-13-7-12-32-28(36)23-19-21-9-6-16-35(21)31(23)22-10-4-5-11-24(22)34(30(31)38)15-8-14-33/h4-5,10-11,17-18,21,23H,6-9,12-16,19H2,1-3H3,(H,32,36)/t21-,23+,31+/m0/s1. The molecule has 2 bridgehead atoms. The molecule has 0 aromatic heterocycles. The number of carbonyl (C=O) groups excluding carboxylic acids is 3. The third-order valence-corrected chi connectivity index (χ3v) is 9.25. The Morgan fingerprint density at radius 3 is 2.39 bits per heavy atom. The van der Waals surface area contributed by atoms with Crippen LogP contribution in [0.15, 0.2) is 36.4 Å². The zero-order chi connectivity index (χ0) is 28.7. The van der Waals surface area contributed by atoms with Crippen molar-refractivity contribution in [1.82, 2.24) is 15.1 Å². The van der Waals surface area contributed by atoms with Crippen molar-refractivity contribution >= 4 is 23.4 Å². The van der Waals surface area contributed by atoms with Crippen LogP contribution in [0.2, 0.25) is 0 Å². The molecule has 2 aromatic rings. The fourth-order valence-electron chi connectivity index (χ4n) is 7.51. The lowest BCUT2D eigenvalue weighted by molar-refractivity contribution is -0.138. The van der Waals surface area contributed by atoms with Crippen molar-refractivity contribution in [2.24, 2.45) is 5.92 Å². The molecule has 41 heavy (non-hydrogen) atoms. The van der Waals surface area contributed by atoms with Crippen LogP contribution in [0, 0.1) is 5.92 Å². The van der Waals surface area contributed by atoms with Crippen molar-refractivity contribution in [3.8, 4) is 17.2 Å². The zero-order valence-electron chi connectivity index (χ0n) is 24.0. The molecule has 218 valence electrons. The first-order valence-electron chi connectivity index (χ1n) is 14.5. The molecule has 0 unspecified atom stereocenters. The number of hydrogen-bond donors (Lipinski definition) is 1. The fraction of sp³-hybridized carbons (Fsp3) is 0.516. The van der Waals surface area contributed by atoms with Gasteiger partial charge in [-0.2, -0.15) is 0 Å². The van der Waals surface area contributed by atoms with E-state index in [2.05, 4.69) is 10.2 Å². The second-order valence-corrected chi connectivity index (χ2v) is 11.2. The van der Waals surface area contributed by atoms with Gasteiger partial charge in [0.15, 0.2) is 11.5 Å². The van der Waals surface area contributed by atoms with E-state index in [-0.39, 0.29) is 23.8 Å². The van der Waals surface area contributed by atoms with E-state index in [0.29, 0.717) is 68.3 Å². The Balaban J connectivity index is 1.32. The van der Waals surface area contributed by atoms with Gasteiger partial charge in [0.1, 0.15) is 5.54 Å². The van der Waals surface area contributed by atoms with E-state index in [4.69, 9.17) is 14.2 Å². The average Bonchev–Trinajstić information content (AvgIpc) is 3.65. The average molecular weight is 563 g/mol. The Morgan fingerprint density at radius 2 is 1.66 bits per heavy atom. The van der Waals surface area contributed by atoms with Gasteiger partial charge in [0.25, 0.3) is 11.8 Å². The molecule has 0 saturated carbocycles. The second kappa shape index (κ2) is 10.9. The summed E-state index contributed by atoms with van der Waals surface area (Å²) in [5.74, 6) is 0.534. The topological polar surface area (TPSA) is 101 Å². The minimum absolute atomic E-state index is 0.00926. The number of ether oxygens (including phenoxy) is 3. The summed E-state index contributed by atoms with van der Waals surface area (Å²) >= 11 is 0. The minimum atomic E-state index is -0.957. The third-order valence-electron chi connectivity index (χ3n) is 9.25. The van der Waals surface area contributed by atoms with E-state index in [1.807, 2.05) is 29.2 Å². The highest BCUT2D eigenvalue weighted by molar-refractivity contribution is 6.11. The van der Waals surface area contributed by atoms with Crippen LogP contribution in [0.4, 0.5) is 5.69 Å². The highest BCUT2D eigenvalue weighted by Gasteiger charge is 2.67. The highest BCUT2D eigenvalue weighted by atomic mass is 16.5. The van der Waals surface area contributed by atoms with Crippen LogP contribution < -0.4 is 24.4 Å². The molecule has 4 heterocycles. The molecule has 4 aliphatic rings. The molecule has 3 amide bonds. The number of para-hydroxylation sites is 1. The van der Waals surface area contributed by atoms with Gasteiger partial charge in [-0.3, -0.25) is 19.3 Å². The molecule has 10 heteroatoms. The van der Waals surface area contributed by atoms with E-state index in [1.165, 1.54) is 21.3 Å². The SMILES string of the molecule is COc1cc(C(=O)N2CCCNC(=O)[C@H]3C[C@@H]4CCCN4[C@@]34C(=O)N(CCC2)c2ccccc24)cc(OC)c1OC. The zero-order valence-corrected chi connectivity index (χ0v) is 24.0. The predicted molar refractivity (Wildman–Crippen MR) is 153 cm³/mol. The summed E-state index contributed by atoms with van der Waals surface area (Å²) in [6.07, 6.45) is 3.93. The first kappa shape index (κ1) is 27.4. The number of carbonyl (C=O) groups is 3. The van der Waals surface area contributed by atoms with Crippen LogP contribution in [0.1, 0.15) is 48.0 Å². The number of nitrogens with zero attached hydrogens (tertiary/aromatic N) is 3. The number of amides is 3. The van der Waals surface area contributed by atoms with Crippen molar-refractivity contribution in [2.75, 3.05) is 59.0 Å². The molecule has 0 radical (unpaired) electrons. The Labute approximate surface area is 240 Å². The molecule has 6 rings (SSSR count). The largest absolute Gasteiger partial charge is 0.493 e. The Kier molecular flexibility index (Phi) is 7.27. The second-order valence-electron chi connectivity index (χ2n) is 11.2. The molecular formula is C31H38N4O6. The lowest BCUT2D eigenvalue weighted by Crippen LogP contribution is -2.56. The van der Waals surface area contributed by atoms with Crippen LogP contribution >= 0.6 is 0 Å². The summed E-state index contributed by atoms with van der Waals surface area (Å²) in [6.45, 7) is 2.63. The lowest BCUT2D eigenvalue weighted by Gasteiger charge is -2.37. The maximum absolute atomic E-state index is 14.5. The molecular weight excluding hydrogens is 524 g/mol. The van der Waals surface area contributed by atoms with Crippen LogP contribution in [0.25, 0.3) is 0 Å². The summed E-state index contributed by atoms with van der Waals surface area (Å²) in [4.78, 5) is 48.0. The number of anilines is 1. The molecule has 3 atom stereocenters. The van der Waals surface area contributed by atoms with E-state index in [1.54, 1.807) is 17.0 Å². The number of methoxy groups -OCH3 is 3. The molecule has 3 saturated heterocycles. The van der Waals surface area contributed by atoms with E-state index < -0.39 is 11.5 Å². The van der Waals surface area contributed by atoms with Gasteiger partial charge in [0, 0.05) is 49.0 Å². The van der Waals surface area contributed by atoms with Gasteiger partial charge in [0.2, 0.25) is 11.7 Å². The Morgan fingerprint density at radius 1 is 0.927 bits per heavy atom. The number of fused-ring (bicyclic) bond motifs is 4. The monoisotopic (exact) mass is 562 g/mol. The summed E-state index contributed by atoms with van der Waals surface area (Å²) in [5.41, 5.74) is 1.28. The Bertz CT molecular complexity index is 1340. The molecule has 1 N–H and O–H groups in total. The number of hydrogen-bond acceptors (Lipinski definition) is 7. The van der Waals surface area contributed by atoms with E-state index in [0.717, 1.165) is 30.6 Å². The molecule has 1 spiro atoms. The number of rotatable bonds is 4. The molecule has 3 fully saturated rings. The van der Waals surface area contributed by atoms with Gasteiger partial charge in [-0.25, -0.2) is 0 Å². The maximum Gasteiger partial charge on any atom is 0.254 e. The number of benzene rings is 2. The van der Waals surface area contributed by atoms with Crippen LogP contribution in [0.3, 0.4) is 0 Å². The summed E-state index contributed by atoms with van der Waals surface area (Å²) in [6, 6.07) is 11.5. The van der Waals surface area contributed by atoms with Crippen LogP contribution in [-0.2, 0) is 15.1 Å². The molecule has 10 nitrogen and oxygen atoms in total.